The van der Waals surface area contributed by atoms with Gasteiger partial charge in [0.1, 0.15) is 12.2 Å². The molecule has 0 unspecified atom stereocenters. The first-order chi connectivity index (χ1) is 4.24. The third-order valence-electron chi connectivity index (χ3n) is 1.25. The quantitative estimate of drug-likeness (QED) is 0.511. The van der Waals surface area contributed by atoms with Crippen LogP contribution in [0.5, 0.6) is 0 Å². The Balaban J connectivity index is 2.73. The van der Waals surface area contributed by atoms with E-state index < -0.39 is 0 Å². The molecule has 0 aliphatic carbocycles. The standard InChI is InChI=1S/C6H8N2O/c1-4-2-5(3-7)6(8)9-4/h4H,2,8H2,1H3/t4-/m0/s1. The average molecular weight is 124 g/mol. The summed E-state index contributed by atoms with van der Waals surface area (Å²) in [6.45, 7) is 1.89. The molecule has 0 saturated heterocycles. The van der Waals surface area contributed by atoms with Crippen LogP contribution in [0, 0.1) is 11.3 Å². The van der Waals surface area contributed by atoms with Crippen LogP contribution in [0.1, 0.15) is 13.3 Å². The van der Waals surface area contributed by atoms with E-state index in [9.17, 15) is 0 Å². The van der Waals surface area contributed by atoms with Gasteiger partial charge in [-0.2, -0.15) is 5.26 Å². The third-order valence-corrected chi connectivity index (χ3v) is 1.25. The molecule has 0 bridgehead atoms. The summed E-state index contributed by atoms with van der Waals surface area (Å²) in [5, 5.41) is 8.39. The molecule has 9 heavy (non-hydrogen) atoms. The zero-order chi connectivity index (χ0) is 6.85. The minimum atomic E-state index is 0.0830. The van der Waals surface area contributed by atoms with E-state index in [1.807, 2.05) is 13.0 Å². The molecule has 1 rings (SSSR count). The Labute approximate surface area is 53.7 Å². The number of ether oxygens (including phenoxy) is 1. The topological polar surface area (TPSA) is 59.0 Å². The molecule has 1 atom stereocenters. The van der Waals surface area contributed by atoms with Crippen LogP contribution in [0.15, 0.2) is 11.5 Å². The third kappa shape index (κ3) is 0.968. The molecule has 1 aliphatic rings. The minimum Gasteiger partial charge on any atom is -0.475 e. The Morgan fingerprint density at radius 3 is 2.78 bits per heavy atom. The van der Waals surface area contributed by atoms with Crippen LogP contribution in [0.4, 0.5) is 0 Å². The van der Waals surface area contributed by atoms with Crippen molar-refractivity contribution >= 4 is 0 Å². The van der Waals surface area contributed by atoms with Crippen molar-refractivity contribution in [1.82, 2.24) is 0 Å². The van der Waals surface area contributed by atoms with Gasteiger partial charge in [-0.15, -0.1) is 0 Å². The van der Waals surface area contributed by atoms with E-state index in [1.165, 1.54) is 0 Å². The van der Waals surface area contributed by atoms with Gasteiger partial charge in [0, 0.05) is 6.42 Å². The summed E-state index contributed by atoms with van der Waals surface area (Å²) in [7, 11) is 0. The molecule has 0 aromatic rings. The van der Waals surface area contributed by atoms with Gasteiger partial charge < -0.3 is 10.5 Å². The lowest BCUT2D eigenvalue weighted by Crippen LogP contribution is -2.03. The molecule has 3 heteroatoms. The fraction of sp³-hybridized carbons (Fsp3) is 0.500. The van der Waals surface area contributed by atoms with Crippen molar-refractivity contribution in [3.05, 3.63) is 11.5 Å². The van der Waals surface area contributed by atoms with Gasteiger partial charge in [-0.05, 0) is 6.92 Å². The highest BCUT2D eigenvalue weighted by Gasteiger charge is 2.19. The number of rotatable bonds is 0. The van der Waals surface area contributed by atoms with E-state index in [1.54, 1.807) is 0 Å². The van der Waals surface area contributed by atoms with Crippen molar-refractivity contribution in [2.24, 2.45) is 5.73 Å². The van der Waals surface area contributed by atoms with Crippen molar-refractivity contribution in [2.75, 3.05) is 0 Å². The summed E-state index contributed by atoms with van der Waals surface area (Å²) in [5.41, 5.74) is 5.89. The lowest BCUT2D eigenvalue weighted by Gasteiger charge is -2.00. The van der Waals surface area contributed by atoms with E-state index in [0.717, 1.165) is 0 Å². The van der Waals surface area contributed by atoms with Crippen LogP contribution >= 0.6 is 0 Å². The second kappa shape index (κ2) is 1.98. The molecule has 0 fully saturated rings. The maximum Gasteiger partial charge on any atom is 0.198 e. The zero-order valence-corrected chi connectivity index (χ0v) is 5.22. The van der Waals surface area contributed by atoms with Crippen LogP contribution in [-0.2, 0) is 4.74 Å². The highest BCUT2D eigenvalue weighted by atomic mass is 16.5. The SMILES string of the molecule is C[C@H]1CC(C#N)=C(N)O1. The summed E-state index contributed by atoms with van der Waals surface area (Å²) in [6.07, 6.45) is 0.738. The van der Waals surface area contributed by atoms with Crippen molar-refractivity contribution in [3.63, 3.8) is 0 Å². The summed E-state index contributed by atoms with van der Waals surface area (Å²) in [6, 6.07) is 1.97. The van der Waals surface area contributed by atoms with Crippen LogP contribution in [0.25, 0.3) is 0 Å². The largest absolute Gasteiger partial charge is 0.475 e. The Bertz CT molecular complexity index is 190. The van der Waals surface area contributed by atoms with Gasteiger partial charge in [0.05, 0.1) is 5.57 Å². The molecular weight excluding hydrogens is 116 g/mol. The van der Waals surface area contributed by atoms with Gasteiger partial charge in [-0.3, -0.25) is 0 Å². The molecule has 3 nitrogen and oxygen atoms in total. The van der Waals surface area contributed by atoms with Gasteiger partial charge in [-0.1, -0.05) is 0 Å². The fourth-order valence-corrected chi connectivity index (χ4v) is 0.818. The normalized spacial score (nSPS) is 25.6. The van der Waals surface area contributed by atoms with Gasteiger partial charge in [-0.25, -0.2) is 0 Å². The Kier molecular flexibility index (Phi) is 1.31. The van der Waals surface area contributed by atoms with E-state index >= 15 is 0 Å². The summed E-state index contributed by atoms with van der Waals surface area (Å²) >= 11 is 0. The maximum atomic E-state index is 8.39. The lowest BCUT2D eigenvalue weighted by molar-refractivity contribution is 0.158. The number of nitrogens with two attached hydrogens (primary N) is 1. The molecule has 0 radical (unpaired) electrons. The minimum absolute atomic E-state index is 0.0830. The Morgan fingerprint density at radius 1 is 1.89 bits per heavy atom. The van der Waals surface area contributed by atoms with Gasteiger partial charge >= 0.3 is 0 Å². The molecular formula is C6H8N2O. The predicted octanol–water partition coefficient (Wildman–Crippen LogP) is 0.489. The molecule has 0 amide bonds. The molecule has 1 heterocycles. The van der Waals surface area contributed by atoms with Crippen molar-refractivity contribution in [1.29, 1.82) is 5.26 Å². The number of nitrogens with zero attached hydrogens (tertiary/aromatic N) is 1. The number of nitriles is 1. The van der Waals surface area contributed by atoms with Crippen LogP contribution in [-0.4, -0.2) is 6.10 Å². The van der Waals surface area contributed by atoms with Crippen LogP contribution in [0.3, 0.4) is 0 Å². The molecule has 0 saturated carbocycles. The zero-order valence-electron chi connectivity index (χ0n) is 5.22. The first-order valence-electron chi connectivity index (χ1n) is 2.79. The monoisotopic (exact) mass is 124 g/mol. The number of hydrogen-bond acceptors (Lipinski definition) is 3. The fourth-order valence-electron chi connectivity index (χ4n) is 0.818. The van der Waals surface area contributed by atoms with Crippen LogP contribution < -0.4 is 5.73 Å². The highest BCUT2D eigenvalue weighted by molar-refractivity contribution is 5.26. The average Bonchev–Trinajstić information content (AvgIpc) is 2.10. The van der Waals surface area contributed by atoms with E-state index in [-0.39, 0.29) is 6.10 Å². The Hall–Kier alpha value is -1.17. The molecule has 0 aromatic carbocycles. The maximum absolute atomic E-state index is 8.39. The van der Waals surface area contributed by atoms with Crippen LogP contribution in [0.2, 0.25) is 0 Å². The predicted molar refractivity (Wildman–Crippen MR) is 32.0 cm³/mol. The molecule has 0 spiro atoms. The summed E-state index contributed by atoms with van der Waals surface area (Å²) in [4.78, 5) is 0. The lowest BCUT2D eigenvalue weighted by atomic mass is 10.2. The summed E-state index contributed by atoms with van der Waals surface area (Å²) in [5.74, 6) is 0.296. The van der Waals surface area contributed by atoms with Crippen molar-refractivity contribution < 1.29 is 4.74 Å². The van der Waals surface area contributed by atoms with E-state index in [2.05, 4.69) is 0 Å². The van der Waals surface area contributed by atoms with E-state index in [4.69, 9.17) is 15.7 Å². The van der Waals surface area contributed by atoms with Gasteiger partial charge in [0.15, 0.2) is 5.88 Å². The highest BCUT2D eigenvalue weighted by Crippen LogP contribution is 2.19. The van der Waals surface area contributed by atoms with Gasteiger partial charge in [0.25, 0.3) is 0 Å². The van der Waals surface area contributed by atoms with Crippen molar-refractivity contribution in [2.45, 2.75) is 19.4 Å². The molecule has 0 aromatic heterocycles. The van der Waals surface area contributed by atoms with Crippen molar-refractivity contribution in [3.8, 4) is 6.07 Å². The first-order valence-corrected chi connectivity index (χ1v) is 2.79. The molecule has 2 N–H and O–H groups in total. The molecule has 1 aliphatic heterocycles. The van der Waals surface area contributed by atoms with E-state index in [0.29, 0.717) is 17.9 Å². The van der Waals surface area contributed by atoms with Gasteiger partial charge in [0.2, 0.25) is 0 Å². The molecule has 48 valence electrons. The second-order valence-electron chi connectivity index (χ2n) is 2.09. The second-order valence-corrected chi connectivity index (χ2v) is 2.09. The smallest absolute Gasteiger partial charge is 0.198 e. The first kappa shape index (κ1) is 5.96. The Morgan fingerprint density at radius 2 is 2.56 bits per heavy atom. The number of hydrogen-bond donors (Lipinski definition) is 1. The summed E-state index contributed by atoms with van der Waals surface area (Å²) < 4.78 is 5.00.